The topological polar surface area (TPSA) is 63.7 Å². The number of carbonyl (C=O) groups excluding carboxylic acids is 1. The molecule has 0 aromatic heterocycles. The lowest BCUT2D eigenvalue weighted by molar-refractivity contribution is -0.129. The second-order valence-electron chi connectivity index (χ2n) is 4.77. The highest BCUT2D eigenvalue weighted by Gasteiger charge is 2.40. The minimum atomic E-state index is -4.69. The quantitative estimate of drug-likeness (QED) is 0.793. The summed E-state index contributed by atoms with van der Waals surface area (Å²) in [6.45, 7) is 1.64. The third kappa shape index (κ3) is 2.77. The predicted molar refractivity (Wildman–Crippen MR) is 71.6 cm³/mol. The van der Waals surface area contributed by atoms with Crippen LogP contribution in [0.15, 0.2) is 24.3 Å². The number of methoxy groups -OCH3 is 1. The van der Waals surface area contributed by atoms with E-state index in [0.717, 1.165) is 5.56 Å². The fraction of sp³-hybridized carbons (Fsp3) is 0.462. The molecule has 0 aliphatic carbocycles. The van der Waals surface area contributed by atoms with Crippen LogP contribution in [0.5, 0.6) is 5.75 Å². The smallest absolute Gasteiger partial charge is 0.307 e. The van der Waals surface area contributed by atoms with Crippen LogP contribution >= 0.6 is 0 Å². The summed E-state index contributed by atoms with van der Waals surface area (Å²) >= 11 is 0. The predicted octanol–water partition coefficient (Wildman–Crippen LogP) is 1.66. The van der Waals surface area contributed by atoms with Gasteiger partial charge in [-0.15, -0.1) is 3.89 Å². The maximum absolute atomic E-state index is 13.0. The fourth-order valence-electron chi connectivity index (χ4n) is 2.44. The summed E-state index contributed by atoms with van der Waals surface area (Å²) in [5, 5.41) is -1.27. The average molecular weight is 301 g/mol. The van der Waals surface area contributed by atoms with Crippen molar-refractivity contribution < 1.29 is 21.8 Å². The first kappa shape index (κ1) is 14.8. The molecule has 1 aliphatic rings. The number of benzene rings is 1. The minimum Gasteiger partial charge on any atom is -0.496 e. The van der Waals surface area contributed by atoms with E-state index in [1.807, 2.05) is 0 Å². The van der Waals surface area contributed by atoms with Gasteiger partial charge in [0.15, 0.2) is 0 Å². The number of hydrogen-bond acceptors (Lipinski definition) is 4. The van der Waals surface area contributed by atoms with Crippen molar-refractivity contribution >= 4 is 16.1 Å². The first-order chi connectivity index (χ1) is 9.34. The van der Waals surface area contributed by atoms with Crippen molar-refractivity contribution in [1.29, 1.82) is 0 Å². The number of hydrogen-bond donors (Lipinski definition) is 0. The van der Waals surface area contributed by atoms with Gasteiger partial charge in [-0.25, -0.2) is 0 Å². The van der Waals surface area contributed by atoms with Crippen LogP contribution < -0.4 is 4.74 Å². The van der Waals surface area contributed by atoms with Gasteiger partial charge < -0.3 is 9.64 Å². The minimum absolute atomic E-state index is 0.128. The van der Waals surface area contributed by atoms with Gasteiger partial charge in [0.05, 0.1) is 13.2 Å². The van der Waals surface area contributed by atoms with E-state index in [-0.39, 0.29) is 24.9 Å². The molecule has 1 amide bonds. The number of amides is 1. The molecular formula is C13H16FNO4S. The molecule has 110 valence electrons. The molecule has 0 spiro atoms. The summed E-state index contributed by atoms with van der Waals surface area (Å²) in [5.41, 5.74) is 0.764. The normalized spacial score (nSPS) is 21.1. The highest BCUT2D eigenvalue weighted by molar-refractivity contribution is 7.87. The van der Waals surface area contributed by atoms with Gasteiger partial charge in [0.1, 0.15) is 11.0 Å². The largest absolute Gasteiger partial charge is 0.496 e. The van der Waals surface area contributed by atoms with Crippen LogP contribution in [0.1, 0.15) is 24.9 Å². The van der Waals surface area contributed by atoms with Crippen LogP contribution in [0.3, 0.4) is 0 Å². The first-order valence-electron chi connectivity index (χ1n) is 6.20. The zero-order valence-corrected chi connectivity index (χ0v) is 12.1. The molecular weight excluding hydrogens is 285 g/mol. The van der Waals surface area contributed by atoms with Crippen molar-refractivity contribution in [3.8, 4) is 5.75 Å². The van der Waals surface area contributed by atoms with Crippen LogP contribution in [-0.2, 0) is 15.0 Å². The van der Waals surface area contributed by atoms with Gasteiger partial charge in [0, 0.05) is 18.5 Å². The van der Waals surface area contributed by atoms with Crippen molar-refractivity contribution in [3.05, 3.63) is 29.8 Å². The van der Waals surface area contributed by atoms with Gasteiger partial charge in [0.2, 0.25) is 5.91 Å². The Morgan fingerprint density at radius 3 is 2.60 bits per heavy atom. The Balaban J connectivity index is 2.26. The summed E-state index contributed by atoms with van der Waals surface area (Å²) in [7, 11) is -3.17. The van der Waals surface area contributed by atoms with E-state index in [0.29, 0.717) is 5.75 Å². The molecule has 1 fully saturated rings. The van der Waals surface area contributed by atoms with E-state index >= 15 is 0 Å². The Hall–Kier alpha value is -1.63. The van der Waals surface area contributed by atoms with Gasteiger partial charge in [-0.3, -0.25) is 4.79 Å². The number of carbonyl (C=O) groups is 1. The molecule has 2 unspecified atom stereocenters. The molecule has 2 rings (SSSR count). The van der Waals surface area contributed by atoms with Crippen molar-refractivity contribution in [3.63, 3.8) is 0 Å². The molecule has 1 aliphatic heterocycles. The molecule has 0 N–H and O–H groups in total. The molecule has 1 heterocycles. The first-order valence-corrected chi connectivity index (χ1v) is 7.65. The van der Waals surface area contributed by atoms with Gasteiger partial charge in [-0.1, -0.05) is 18.2 Å². The molecule has 7 heteroatoms. The number of nitrogens with zero attached hydrogens (tertiary/aromatic N) is 1. The Morgan fingerprint density at radius 1 is 1.40 bits per heavy atom. The van der Waals surface area contributed by atoms with Crippen LogP contribution in [0.25, 0.3) is 0 Å². The third-order valence-corrected chi connectivity index (χ3v) is 4.69. The van der Waals surface area contributed by atoms with E-state index < -0.39 is 15.5 Å². The summed E-state index contributed by atoms with van der Waals surface area (Å²) in [6, 6.07) is 6.79. The Bertz CT molecular complexity index is 617. The molecule has 0 saturated carbocycles. The second-order valence-corrected chi connectivity index (χ2v) is 6.38. The SMILES string of the molecule is COc1ccccc1C(C)N1CC(S(=O)(=O)F)CC1=O. The van der Waals surface area contributed by atoms with Crippen LogP contribution in [0, 0.1) is 0 Å². The Labute approximate surface area is 117 Å². The molecule has 1 aromatic rings. The lowest BCUT2D eigenvalue weighted by Crippen LogP contribution is -2.30. The zero-order chi connectivity index (χ0) is 14.9. The van der Waals surface area contributed by atoms with Crippen LogP contribution in [-0.4, -0.2) is 38.1 Å². The molecule has 2 atom stereocenters. The van der Waals surface area contributed by atoms with Crippen molar-refractivity contribution in [2.24, 2.45) is 0 Å². The molecule has 1 saturated heterocycles. The highest BCUT2D eigenvalue weighted by Crippen LogP contribution is 2.33. The summed E-state index contributed by atoms with van der Waals surface area (Å²) < 4.78 is 40.1. The van der Waals surface area contributed by atoms with Crippen molar-refractivity contribution in [1.82, 2.24) is 4.90 Å². The van der Waals surface area contributed by atoms with E-state index in [1.165, 1.54) is 12.0 Å². The number of likely N-dealkylation sites (tertiary alicyclic amines) is 1. The lowest BCUT2D eigenvalue weighted by atomic mass is 10.1. The van der Waals surface area contributed by atoms with E-state index in [2.05, 4.69) is 0 Å². The average Bonchev–Trinajstić information content (AvgIpc) is 2.80. The van der Waals surface area contributed by atoms with Crippen LogP contribution in [0.4, 0.5) is 3.89 Å². The summed E-state index contributed by atoms with van der Waals surface area (Å²) in [6.07, 6.45) is -0.307. The highest BCUT2D eigenvalue weighted by atomic mass is 32.3. The van der Waals surface area contributed by atoms with Gasteiger partial charge in [0.25, 0.3) is 0 Å². The van der Waals surface area contributed by atoms with Gasteiger partial charge in [-0.05, 0) is 13.0 Å². The molecule has 1 aromatic carbocycles. The number of rotatable bonds is 4. The second kappa shape index (κ2) is 5.40. The standard InChI is InChI=1S/C13H16FNO4S/c1-9(11-5-3-4-6-12(11)19-2)15-8-10(7-13(15)16)20(14,17)18/h3-6,9-10H,7-8H2,1-2H3. The Morgan fingerprint density at radius 2 is 2.05 bits per heavy atom. The summed E-state index contributed by atoms with van der Waals surface area (Å²) in [5.74, 6) is 0.244. The molecule has 5 nitrogen and oxygen atoms in total. The summed E-state index contributed by atoms with van der Waals surface area (Å²) in [4.78, 5) is 13.3. The molecule has 20 heavy (non-hydrogen) atoms. The van der Waals surface area contributed by atoms with Gasteiger partial charge >= 0.3 is 10.2 Å². The third-order valence-electron chi connectivity index (χ3n) is 3.58. The van der Waals surface area contributed by atoms with Crippen molar-refractivity contribution in [2.45, 2.75) is 24.6 Å². The maximum Gasteiger partial charge on any atom is 0.307 e. The zero-order valence-electron chi connectivity index (χ0n) is 11.2. The lowest BCUT2D eigenvalue weighted by Gasteiger charge is -2.26. The number of ether oxygens (including phenoxy) is 1. The van der Waals surface area contributed by atoms with Gasteiger partial charge in [-0.2, -0.15) is 8.42 Å². The van der Waals surface area contributed by atoms with Crippen molar-refractivity contribution in [2.75, 3.05) is 13.7 Å². The maximum atomic E-state index is 13.0. The Kier molecular flexibility index (Phi) is 3.99. The fourth-order valence-corrected chi connectivity index (χ4v) is 3.12. The van der Waals surface area contributed by atoms with Crippen LogP contribution in [0.2, 0.25) is 0 Å². The number of halogens is 1. The van der Waals surface area contributed by atoms with E-state index in [9.17, 15) is 17.1 Å². The van der Waals surface area contributed by atoms with E-state index in [4.69, 9.17) is 4.74 Å². The molecule has 0 bridgehead atoms. The molecule has 0 radical (unpaired) electrons. The monoisotopic (exact) mass is 301 g/mol. The van der Waals surface area contributed by atoms with E-state index in [1.54, 1.807) is 31.2 Å². The number of para-hydroxylation sites is 1.